The lowest BCUT2D eigenvalue weighted by Crippen LogP contribution is -2.32. The van der Waals surface area contributed by atoms with Gasteiger partial charge in [0.15, 0.2) is 9.84 Å². The third-order valence-corrected chi connectivity index (χ3v) is 7.54. The molecular formula is C20H19ClN2O3S. The minimum Gasteiger partial charge on any atom is -0.361 e. The van der Waals surface area contributed by atoms with Crippen LogP contribution in [0.2, 0.25) is 5.02 Å². The van der Waals surface area contributed by atoms with Crippen LogP contribution in [0.25, 0.3) is 10.9 Å². The first kappa shape index (κ1) is 18.1. The summed E-state index contributed by atoms with van der Waals surface area (Å²) in [5.74, 6) is -0.0476. The molecule has 1 amide bonds. The summed E-state index contributed by atoms with van der Waals surface area (Å²) in [6.45, 7) is 0.685. The van der Waals surface area contributed by atoms with Crippen molar-refractivity contribution in [2.75, 3.05) is 13.1 Å². The number of fused-ring (bicyclic) bond motifs is 1. The molecule has 1 saturated heterocycles. The van der Waals surface area contributed by atoms with Crippen LogP contribution in [0.15, 0.2) is 59.6 Å². The van der Waals surface area contributed by atoms with Crippen LogP contribution in [-0.2, 0) is 21.1 Å². The maximum atomic E-state index is 12.8. The highest BCUT2D eigenvalue weighted by molar-refractivity contribution is 7.92. The second kappa shape index (κ2) is 7.02. The van der Waals surface area contributed by atoms with E-state index in [1.165, 1.54) is 12.1 Å². The third kappa shape index (κ3) is 3.47. The van der Waals surface area contributed by atoms with Crippen LogP contribution in [0.5, 0.6) is 0 Å². The zero-order chi connectivity index (χ0) is 19.0. The number of aromatic nitrogens is 1. The fourth-order valence-corrected chi connectivity index (χ4v) is 5.40. The highest BCUT2D eigenvalue weighted by Gasteiger charge is 2.36. The monoisotopic (exact) mass is 402 g/mol. The van der Waals surface area contributed by atoms with E-state index < -0.39 is 15.1 Å². The normalized spacial score (nSPS) is 17.5. The number of halogens is 1. The zero-order valence-corrected chi connectivity index (χ0v) is 16.1. The Morgan fingerprint density at radius 2 is 1.89 bits per heavy atom. The number of para-hydroxylation sites is 1. The van der Waals surface area contributed by atoms with Crippen molar-refractivity contribution in [3.8, 4) is 0 Å². The molecule has 0 aliphatic carbocycles. The molecule has 3 aromatic rings. The number of carbonyl (C=O) groups is 1. The predicted octanol–water partition coefficient (Wildman–Crippen LogP) is 3.44. The van der Waals surface area contributed by atoms with Gasteiger partial charge in [-0.1, -0.05) is 29.8 Å². The zero-order valence-electron chi connectivity index (χ0n) is 14.6. The van der Waals surface area contributed by atoms with Gasteiger partial charge in [0.2, 0.25) is 5.91 Å². The molecule has 140 valence electrons. The molecule has 1 N–H and O–H groups in total. The first-order valence-electron chi connectivity index (χ1n) is 8.77. The number of likely N-dealkylation sites (tertiary alicyclic amines) is 1. The minimum absolute atomic E-state index is 0.0476. The Morgan fingerprint density at radius 1 is 1.15 bits per heavy atom. The fraction of sp³-hybridized carbons (Fsp3) is 0.250. The van der Waals surface area contributed by atoms with Gasteiger partial charge in [0.25, 0.3) is 0 Å². The van der Waals surface area contributed by atoms with E-state index in [1.54, 1.807) is 17.0 Å². The number of hydrogen-bond donors (Lipinski definition) is 1. The lowest BCUT2D eigenvalue weighted by molar-refractivity contribution is -0.129. The highest BCUT2D eigenvalue weighted by atomic mass is 35.5. The average Bonchev–Trinajstić information content (AvgIpc) is 3.30. The molecule has 0 spiro atoms. The number of nitrogens with one attached hydrogen (secondary N) is 1. The van der Waals surface area contributed by atoms with Crippen molar-refractivity contribution in [3.63, 3.8) is 0 Å². The van der Waals surface area contributed by atoms with Gasteiger partial charge in [-0.3, -0.25) is 4.79 Å². The van der Waals surface area contributed by atoms with E-state index in [0.717, 1.165) is 16.5 Å². The second-order valence-corrected chi connectivity index (χ2v) is 9.45. The van der Waals surface area contributed by atoms with Crippen molar-refractivity contribution >= 4 is 38.2 Å². The van der Waals surface area contributed by atoms with Crippen LogP contribution in [0.4, 0.5) is 0 Å². The predicted molar refractivity (Wildman–Crippen MR) is 106 cm³/mol. The maximum Gasteiger partial charge on any atom is 0.227 e. The second-order valence-electron chi connectivity index (χ2n) is 6.79. The van der Waals surface area contributed by atoms with Crippen LogP contribution in [0.1, 0.15) is 12.0 Å². The molecular weight excluding hydrogens is 384 g/mol. The van der Waals surface area contributed by atoms with Crippen molar-refractivity contribution in [2.45, 2.75) is 23.0 Å². The summed E-state index contributed by atoms with van der Waals surface area (Å²) < 4.78 is 25.6. The quantitative estimate of drug-likeness (QED) is 0.726. The number of rotatable bonds is 4. The smallest absolute Gasteiger partial charge is 0.227 e. The Hall–Kier alpha value is -2.31. The first-order chi connectivity index (χ1) is 12.9. The highest BCUT2D eigenvalue weighted by Crippen LogP contribution is 2.26. The van der Waals surface area contributed by atoms with E-state index in [9.17, 15) is 13.2 Å². The summed E-state index contributed by atoms with van der Waals surface area (Å²) in [7, 11) is -3.48. The number of hydrogen-bond acceptors (Lipinski definition) is 3. The summed E-state index contributed by atoms with van der Waals surface area (Å²) in [6.07, 6.45) is 2.56. The number of carbonyl (C=O) groups excluding carboxylic acids is 1. The molecule has 1 atom stereocenters. The van der Waals surface area contributed by atoms with Gasteiger partial charge in [0.1, 0.15) is 0 Å². The number of aromatic amines is 1. The Labute approximate surface area is 162 Å². The first-order valence-corrected chi connectivity index (χ1v) is 10.7. The Bertz CT molecular complexity index is 1090. The van der Waals surface area contributed by atoms with Crippen LogP contribution in [0.3, 0.4) is 0 Å². The molecule has 0 radical (unpaired) electrons. The van der Waals surface area contributed by atoms with E-state index >= 15 is 0 Å². The number of H-pyrrole nitrogens is 1. The standard InChI is InChI=1S/C20H19ClN2O3S/c21-15-5-7-16(8-6-15)27(25,26)17-9-10-23(13-17)20(24)11-14-12-22-19-4-2-1-3-18(14)19/h1-8,12,17,22H,9-11,13H2. The summed E-state index contributed by atoms with van der Waals surface area (Å²) in [4.78, 5) is 17.8. The van der Waals surface area contributed by atoms with E-state index in [4.69, 9.17) is 11.6 Å². The number of nitrogens with zero attached hydrogens (tertiary/aromatic N) is 1. The summed E-state index contributed by atoms with van der Waals surface area (Å²) in [5.41, 5.74) is 1.92. The molecule has 5 nitrogen and oxygen atoms in total. The van der Waals surface area contributed by atoms with Crippen molar-refractivity contribution in [1.29, 1.82) is 0 Å². The SMILES string of the molecule is O=C(Cc1c[nH]c2ccccc12)N1CCC(S(=O)(=O)c2ccc(Cl)cc2)C1. The molecule has 1 aliphatic rings. The Kier molecular flexibility index (Phi) is 4.70. The molecule has 27 heavy (non-hydrogen) atoms. The van der Waals surface area contributed by atoms with Gasteiger partial charge < -0.3 is 9.88 Å². The molecule has 1 aromatic heterocycles. The van der Waals surface area contributed by atoms with E-state index in [0.29, 0.717) is 18.0 Å². The molecule has 0 bridgehead atoms. The molecule has 7 heteroatoms. The summed E-state index contributed by atoms with van der Waals surface area (Å²) in [5, 5.41) is 0.942. The Balaban J connectivity index is 1.47. The largest absolute Gasteiger partial charge is 0.361 e. The van der Waals surface area contributed by atoms with Crippen molar-refractivity contribution < 1.29 is 13.2 Å². The molecule has 1 fully saturated rings. The molecule has 0 saturated carbocycles. The third-order valence-electron chi connectivity index (χ3n) is 5.10. The minimum atomic E-state index is -3.48. The van der Waals surface area contributed by atoms with E-state index in [-0.39, 0.29) is 23.8 Å². The molecule has 2 heterocycles. The number of sulfone groups is 1. The van der Waals surface area contributed by atoms with Gasteiger partial charge >= 0.3 is 0 Å². The van der Waals surface area contributed by atoms with Gasteiger partial charge in [-0.05, 0) is 42.3 Å². The summed E-state index contributed by atoms with van der Waals surface area (Å²) in [6, 6.07) is 14.0. The topological polar surface area (TPSA) is 70.2 Å². The van der Waals surface area contributed by atoms with Crippen LogP contribution >= 0.6 is 11.6 Å². The van der Waals surface area contributed by atoms with E-state index in [2.05, 4.69) is 4.98 Å². The van der Waals surface area contributed by atoms with Crippen molar-refractivity contribution in [1.82, 2.24) is 9.88 Å². The summed E-state index contributed by atoms with van der Waals surface area (Å²) >= 11 is 5.84. The maximum absolute atomic E-state index is 12.8. The van der Waals surface area contributed by atoms with Crippen LogP contribution < -0.4 is 0 Å². The van der Waals surface area contributed by atoms with Gasteiger partial charge in [0.05, 0.1) is 16.6 Å². The molecule has 1 unspecified atom stereocenters. The lowest BCUT2D eigenvalue weighted by Gasteiger charge is -2.17. The van der Waals surface area contributed by atoms with Crippen molar-refractivity contribution in [2.24, 2.45) is 0 Å². The van der Waals surface area contributed by atoms with Gasteiger partial charge in [-0.15, -0.1) is 0 Å². The Morgan fingerprint density at radius 3 is 2.67 bits per heavy atom. The molecule has 1 aliphatic heterocycles. The molecule has 4 rings (SSSR count). The number of amides is 1. The molecule has 2 aromatic carbocycles. The average molecular weight is 403 g/mol. The van der Waals surface area contributed by atoms with Gasteiger partial charge in [-0.25, -0.2) is 8.42 Å². The fourth-order valence-electron chi connectivity index (χ4n) is 3.58. The van der Waals surface area contributed by atoms with Crippen LogP contribution in [0, 0.1) is 0 Å². The van der Waals surface area contributed by atoms with Crippen molar-refractivity contribution in [3.05, 3.63) is 65.3 Å². The van der Waals surface area contributed by atoms with Gasteiger partial charge in [-0.2, -0.15) is 0 Å². The van der Waals surface area contributed by atoms with E-state index in [1.807, 2.05) is 30.5 Å². The van der Waals surface area contributed by atoms with Gasteiger partial charge in [0, 0.05) is 35.2 Å². The van der Waals surface area contributed by atoms with Crippen LogP contribution in [-0.4, -0.2) is 42.5 Å². The lowest BCUT2D eigenvalue weighted by atomic mass is 10.1. The number of benzene rings is 2.